The smallest absolute Gasteiger partial charge is 0.160 e. The first kappa shape index (κ1) is 40.7. The van der Waals surface area contributed by atoms with Gasteiger partial charge < -0.3 is 13.7 Å². The van der Waals surface area contributed by atoms with Crippen LogP contribution < -0.4 is 0 Å². The highest BCUT2D eigenvalue weighted by atomic mass is 15.0. The maximum absolute atomic E-state index is 5.07. The topological polar surface area (TPSA) is 40.6 Å². The normalized spacial score (nSPS) is 11.8. The van der Waals surface area contributed by atoms with Crippen LogP contribution in [0.25, 0.3) is 128 Å². The fourth-order valence-corrected chi connectivity index (χ4v) is 11.0. The quantitative estimate of drug-likeness (QED) is 0.160. The predicted octanol–water partition coefficient (Wildman–Crippen LogP) is 17.1. The van der Waals surface area contributed by atoms with Crippen LogP contribution in [0.15, 0.2) is 237 Å². The zero-order valence-electron chi connectivity index (χ0n) is 39.3. The summed E-state index contributed by atoms with van der Waals surface area (Å²) in [5, 5.41) is 7.45. The molecule has 0 radical (unpaired) electrons. The van der Waals surface area contributed by atoms with Gasteiger partial charge >= 0.3 is 0 Å². The second-order valence-electron chi connectivity index (χ2n) is 18.8. The Labute approximate surface area is 410 Å². The van der Waals surface area contributed by atoms with Gasteiger partial charge in [-0.2, -0.15) is 0 Å². The van der Waals surface area contributed by atoms with Crippen molar-refractivity contribution in [3.05, 3.63) is 248 Å². The Morgan fingerprint density at radius 3 is 1.11 bits per heavy atom. The number of benzene rings is 10. The third-order valence-electron chi connectivity index (χ3n) is 14.4. The van der Waals surface area contributed by atoms with E-state index >= 15 is 0 Å². The molecule has 0 aliphatic heterocycles. The number of hydrogen-bond acceptors (Lipinski definition) is 2. The van der Waals surface area contributed by atoms with E-state index in [2.05, 4.69) is 240 Å². The van der Waals surface area contributed by atoms with Gasteiger partial charge in [-0.15, -0.1) is 0 Å². The van der Waals surface area contributed by atoms with Crippen molar-refractivity contribution < 1.29 is 0 Å². The van der Waals surface area contributed by atoms with Gasteiger partial charge in [-0.1, -0.05) is 157 Å². The van der Waals surface area contributed by atoms with Crippen molar-refractivity contribution in [1.29, 1.82) is 0 Å². The molecule has 0 amide bonds. The fraction of sp³-hybridized carbons (Fsp3) is 0.0303. The molecule has 71 heavy (non-hydrogen) atoms. The molecule has 4 heterocycles. The highest BCUT2D eigenvalue weighted by Gasteiger charge is 2.20. The van der Waals surface area contributed by atoms with Crippen LogP contribution in [0.5, 0.6) is 0 Å². The van der Waals surface area contributed by atoms with Crippen LogP contribution in [0.4, 0.5) is 0 Å². The van der Waals surface area contributed by atoms with E-state index in [1.54, 1.807) is 0 Å². The van der Waals surface area contributed by atoms with Crippen molar-refractivity contribution in [2.75, 3.05) is 0 Å². The van der Waals surface area contributed by atoms with Crippen LogP contribution in [0.3, 0.4) is 0 Å². The highest BCUT2D eigenvalue weighted by molar-refractivity contribution is 6.14. The summed E-state index contributed by atoms with van der Waals surface area (Å²) >= 11 is 0. The molecule has 0 spiro atoms. The number of para-hydroxylation sites is 2. The van der Waals surface area contributed by atoms with E-state index in [4.69, 9.17) is 9.97 Å². The summed E-state index contributed by atoms with van der Waals surface area (Å²) in [6.45, 7) is 4.36. The van der Waals surface area contributed by atoms with Crippen LogP contribution in [0.1, 0.15) is 11.1 Å². The molecule has 0 fully saturated rings. The van der Waals surface area contributed by atoms with Gasteiger partial charge in [-0.3, -0.25) is 0 Å². The average molecular weight is 908 g/mol. The number of nitrogens with zero attached hydrogens (tertiary/aromatic N) is 5. The SMILES string of the molecule is Cc1ccc2c(c1)c1cc(C)ccc1n2-c1ccc2c(c1)c1cc(-n3c4ccccc4c4ccccc43)ccc1n2-c1ccc(-c2ccc(-c3cc(-c4ccccc4)nc(-c4ccccc4)n3)cc2)cc1. The summed E-state index contributed by atoms with van der Waals surface area (Å²) < 4.78 is 7.29. The van der Waals surface area contributed by atoms with E-state index in [0.717, 1.165) is 67.3 Å². The first-order valence-corrected chi connectivity index (χ1v) is 24.3. The van der Waals surface area contributed by atoms with Crippen molar-refractivity contribution in [3.63, 3.8) is 0 Å². The summed E-state index contributed by atoms with van der Waals surface area (Å²) in [4.78, 5) is 10.1. The Hall–Kier alpha value is -9.32. The molecule has 0 N–H and O–H groups in total. The first-order chi connectivity index (χ1) is 35.0. The van der Waals surface area contributed by atoms with Gasteiger partial charge in [0.05, 0.1) is 44.5 Å². The van der Waals surface area contributed by atoms with Gasteiger partial charge in [-0.25, -0.2) is 9.97 Å². The van der Waals surface area contributed by atoms with Gasteiger partial charge in [0.25, 0.3) is 0 Å². The van der Waals surface area contributed by atoms with Crippen molar-refractivity contribution in [2.24, 2.45) is 0 Å². The zero-order chi connectivity index (χ0) is 47.2. The lowest BCUT2D eigenvalue weighted by atomic mass is 10.0. The third-order valence-corrected chi connectivity index (χ3v) is 14.4. The Bertz CT molecular complexity index is 4220. The second-order valence-corrected chi connectivity index (χ2v) is 18.8. The van der Waals surface area contributed by atoms with Crippen LogP contribution in [-0.4, -0.2) is 23.7 Å². The standard InChI is InChI=1S/C66H45N5/c1-42-21-33-62-54(37-42)55-38-43(2)22-34-63(55)71(62)51-32-36-65-57(40-51)56-39-50(70-60-19-11-9-17-52(60)53-18-10-12-20-61(53)70)31-35-64(56)69(65)49-29-27-45(28-30-49)44-23-25-47(26-24-44)59-41-58(46-13-5-3-6-14-46)67-66(68-59)48-15-7-4-8-16-48/h3-41H,1-2H3. The number of aromatic nitrogens is 5. The van der Waals surface area contributed by atoms with Gasteiger partial charge in [0, 0.05) is 66.1 Å². The molecule has 0 aliphatic rings. The molecule has 0 saturated carbocycles. The predicted molar refractivity (Wildman–Crippen MR) is 296 cm³/mol. The Morgan fingerprint density at radius 2 is 0.606 bits per heavy atom. The van der Waals surface area contributed by atoms with Crippen molar-refractivity contribution in [2.45, 2.75) is 13.8 Å². The minimum Gasteiger partial charge on any atom is -0.309 e. The Balaban J connectivity index is 0.897. The highest BCUT2D eigenvalue weighted by Crippen LogP contribution is 2.40. The van der Waals surface area contributed by atoms with Crippen LogP contribution in [-0.2, 0) is 0 Å². The number of fused-ring (bicyclic) bond motifs is 9. The van der Waals surface area contributed by atoms with E-state index in [9.17, 15) is 0 Å². The summed E-state index contributed by atoms with van der Waals surface area (Å²) in [6, 6.07) is 85.6. The first-order valence-electron chi connectivity index (χ1n) is 24.3. The van der Waals surface area contributed by atoms with Crippen molar-refractivity contribution in [1.82, 2.24) is 23.7 Å². The molecule has 334 valence electrons. The van der Waals surface area contributed by atoms with Crippen molar-refractivity contribution in [3.8, 4) is 62.1 Å². The summed E-state index contributed by atoms with van der Waals surface area (Å²) in [6.07, 6.45) is 0. The van der Waals surface area contributed by atoms with Crippen LogP contribution in [0.2, 0.25) is 0 Å². The molecule has 14 rings (SSSR count). The number of hydrogen-bond donors (Lipinski definition) is 0. The fourth-order valence-electron chi connectivity index (χ4n) is 11.0. The molecule has 4 aromatic heterocycles. The molecule has 0 unspecified atom stereocenters. The molecule has 0 aliphatic carbocycles. The Kier molecular flexibility index (Phi) is 9.26. The third kappa shape index (κ3) is 6.69. The zero-order valence-corrected chi connectivity index (χ0v) is 39.3. The summed E-state index contributed by atoms with van der Waals surface area (Å²) in [5.74, 6) is 0.711. The maximum Gasteiger partial charge on any atom is 0.160 e. The molecule has 0 saturated heterocycles. The van der Waals surface area contributed by atoms with E-state index in [1.165, 1.54) is 65.5 Å². The second kappa shape index (κ2) is 16.2. The van der Waals surface area contributed by atoms with Crippen molar-refractivity contribution >= 4 is 65.4 Å². The van der Waals surface area contributed by atoms with E-state index in [1.807, 2.05) is 24.3 Å². The van der Waals surface area contributed by atoms with Gasteiger partial charge in [0.1, 0.15) is 0 Å². The molecular formula is C66H45N5. The molecule has 5 nitrogen and oxygen atoms in total. The minimum atomic E-state index is 0.711. The van der Waals surface area contributed by atoms with Gasteiger partial charge in [0.2, 0.25) is 0 Å². The molecule has 0 bridgehead atoms. The molecule has 5 heteroatoms. The maximum atomic E-state index is 5.07. The van der Waals surface area contributed by atoms with Gasteiger partial charge in [0.15, 0.2) is 5.82 Å². The number of aryl methyl sites for hydroxylation is 2. The molecular weight excluding hydrogens is 863 g/mol. The lowest BCUT2D eigenvalue weighted by Crippen LogP contribution is -1.96. The lowest BCUT2D eigenvalue weighted by Gasteiger charge is -2.12. The van der Waals surface area contributed by atoms with Gasteiger partial charge in [-0.05, 0) is 116 Å². The summed E-state index contributed by atoms with van der Waals surface area (Å²) in [7, 11) is 0. The molecule has 10 aromatic carbocycles. The van der Waals surface area contributed by atoms with E-state index in [-0.39, 0.29) is 0 Å². The van der Waals surface area contributed by atoms with E-state index < -0.39 is 0 Å². The van der Waals surface area contributed by atoms with E-state index in [0.29, 0.717) is 5.82 Å². The molecule has 14 aromatic rings. The largest absolute Gasteiger partial charge is 0.309 e. The number of rotatable bonds is 7. The minimum absolute atomic E-state index is 0.711. The monoisotopic (exact) mass is 907 g/mol. The molecule has 0 atom stereocenters. The van der Waals surface area contributed by atoms with Crippen LogP contribution >= 0.6 is 0 Å². The summed E-state index contributed by atoms with van der Waals surface area (Å²) in [5.41, 5.74) is 20.2. The average Bonchev–Trinajstić information content (AvgIpc) is 4.06. The van der Waals surface area contributed by atoms with Crippen LogP contribution in [0, 0.1) is 13.8 Å². The Morgan fingerprint density at radius 1 is 0.254 bits per heavy atom. The lowest BCUT2D eigenvalue weighted by molar-refractivity contribution is 1.16.